The third-order valence-corrected chi connectivity index (χ3v) is 8.63. The van der Waals surface area contributed by atoms with Crippen LogP contribution in [0.4, 0.5) is 0 Å². The van der Waals surface area contributed by atoms with E-state index in [4.69, 9.17) is 0 Å². The van der Waals surface area contributed by atoms with Gasteiger partial charge in [0.25, 0.3) is 5.56 Å². The molecule has 35 heavy (non-hydrogen) atoms. The summed E-state index contributed by atoms with van der Waals surface area (Å²) in [5.74, 6) is 0. The summed E-state index contributed by atoms with van der Waals surface area (Å²) in [6.07, 6.45) is 1.52. The second-order valence-corrected chi connectivity index (χ2v) is 12.2. The van der Waals surface area contributed by atoms with Gasteiger partial charge < -0.3 is 0 Å². The molecule has 3 heterocycles. The molecule has 0 radical (unpaired) electrons. The van der Waals surface area contributed by atoms with Crippen LogP contribution in [0.3, 0.4) is 0 Å². The fourth-order valence-corrected chi connectivity index (χ4v) is 6.23. The topological polar surface area (TPSA) is 134 Å². The molecule has 1 aliphatic rings. The van der Waals surface area contributed by atoms with Crippen molar-refractivity contribution in [2.24, 2.45) is 7.05 Å². The van der Waals surface area contributed by atoms with E-state index in [-0.39, 0.29) is 23.4 Å². The smallest absolute Gasteiger partial charge is 0.287 e. The van der Waals surface area contributed by atoms with Gasteiger partial charge in [0.2, 0.25) is 10.0 Å². The summed E-state index contributed by atoms with van der Waals surface area (Å²) in [5.41, 5.74) is 0.354. The number of hydrogen-bond acceptors (Lipinski definition) is 8. The quantitative estimate of drug-likeness (QED) is 0.392. The van der Waals surface area contributed by atoms with Crippen LogP contribution in [0.5, 0.6) is 0 Å². The van der Waals surface area contributed by atoms with Crippen molar-refractivity contribution in [2.45, 2.75) is 57.1 Å². The van der Waals surface area contributed by atoms with E-state index in [0.29, 0.717) is 15.5 Å². The Hall–Kier alpha value is -3.16. The Morgan fingerprint density at radius 3 is 2.43 bits per heavy atom. The molecule has 0 amide bonds. The third kappa shape index (κ3) is 4.46. The molecule has 1 aliphatic carbocycles. The van der Waals surface area contributed by atoms with E-state index in [2.05, 4.69) is 20.0 Å². The molecule has 4 aromatic rings. The van der Waals surface area contributed by atoms with Gasteiger partial charge in [0.05, 0.1) is 40.3 Å². The van der Waals surface area contributed by atoms with Crippen LogP contribution < -0.4 is 16.0 Å². The van der Waals surface area contributed by atoms with Crippen LogP contribution in [0, 0.1) is 13.8 Å². The average Bonchev–Trinajstić information content (AvgIpc) is 3.20. The normalized spacial score (nSPS) is 15.1. The van der Waals surface area contributed by atoms with Gasteiger partial charge in [-0.3, -0.25) is 18.6 Å². The van der Waals surface area contributed by atoms with Gasteiger partial charge in [0, 0.05) is 12.6 Å². The van der Waals surface area contributed by atoms with Crippen molar-refractivity contribution < 1.29 is 8.42 Å². The van der Waals surface area contributed by atoms with Gasteiger partial charge in [0.15, 0.2) is 0 Å². The molecule has 1 fully saturated rings. The van der Waals surface area contributed by atoms with Gasteiger partial charge in [0.1, 0.15) is 10.0 Å². The Labute approximate surface area is 205 Å². The van der Waals surface area contributed by atoms with Crippen LogP contribution in [0.15, 0.2) is 38.8 Å². The second-order valence-electron chi connectivity index (χ2n) is 9.22. The minimum atomic E-state index is -3.84. The van der Waals surface area contributed by atoms with Crippen molar-refractivity contribution in [2.75, 3.05) is 0 Å². The summed E-state index contributed by atoms with van der Waals surface area (Å²) >= 11 is 1.29. The number of nitrogens with one attached hydrogen (secondary N) is 1. The Balaban J connectivity index is 1.71. The molecule has 3 aromatic heterocycles. The highest BCUT2D eigenvalue weighted by Crippen LogP contribution is 2.36. The van der Waals surface area contributed by atoms with Gasteiger partial charge in [-0.25, -0.2) is 17.9 Å². The Bertz CT molecular complexity index is 1690. The number of aromatic nitrogens is 6. The van der Waals surface area contributed by atoms with Crippen LogP contribution in [0.1, 0.15) is 41.2 Å². The first kappa shape index (κ1) is 23.6. The van der Waals surface area contributed by atoms with Gasteiger partial charge in [-0.05, 0) is 57.9 Å². The van der Waals surface area contributed by atoms with Gasteiger partial charge >= 0.3 is 5.69 Å². The summed E-state index contributed by atoms with van der Waals surface area (Å²) in [5, 5.41) is 13.7. The lowest BCUT2D eigenvalue weighted by Crippen LogP contribution is -2.41. The summed E-state index contributed by atoms with van der Waals surface area (Å²) in [4.78, 5) is 27.0. The maximum Gasteiger partial charge on any atom is 0.332 e. The van der Waals surface area contributed by atoms with Crippen molar-refractivity contribution in [1.82, 2.24) is 33.8 Å². The Kier molecular flexibility index (Phi) is 5.53. The zero-order valence-electron chi connectivity index (χ0n) is 19.8. The zero-order valence-corrected chi connectivity index (χ0v) is 21.4. The predicted octanol–water partition coefficient (Wildman–Crippen LogP) is 1.29. The molecule has 1 aromatic carbocycles. The van der Waals surface area contributed by atoms with Crippen LogP contribution >= 0.6 is 11.3 Å². The average molecular weight is 516 g/mol. The van der Waals surface area contributed by atoms with Crippen LogP contribution in [-0.2, 0) is 30.2 Å². The fourth-order valence-electron chi connectivity index (χ4n) is 4.05. The first-order valence-electron chi connectivity index (χ1n) is 11.1. The standard InChI is InChI=1S/C22H25N7O4S2/c1-13-9-15(27(4)25-13)11-28-18-6-5-16(35(32,33)26-22(3)7-8-22)10-17(18)20(30)29(21(28)31)12-19-24-23-14(2)34-19/h5-6,9-10,26H,7-8,11-12H2,1-4H3. The van der Waals surface area contributed by atoms with Crippen molar-refractivity contribution in [3.05, 3.63) is 66.5 Å². The van der Waals surface area contributed by atoms with Gasteiger partial charge in [-0.15, -0.1) is 10.2 Å². The molecule has 11 nitrogen and oxygen atoms in total. The molecule has 0 atom stereocenters. The lowest BCUT2D eigenvalue weighted by atomic mass is 10.2. The number of aryl methyl sites for hydroxylation is 3. The van der Waals surface area contributed by atoms with E-state index < -0.39 is 26.8 Å². The monoisotopic (exact) mass is 515 g/mol. The number of hydrogen-bond donors (Lipinski definition) is 1. The molecule has 184 valence electrons. The van der Waals surface area contributed by atoms with Crippen molar-refractivity contribution in [1.29, 1.82) is 0 Å². The zero-order chi connectivity index (χ0) is 25.1. The first-order valence-corrected chi connectivity index (χ1v) is 13.4. The van der Waals surface area contributed by atoms with E-state index in [9.17, 15) is 18.0 Å². The number of fused-ring (bicyclic) bond motifs is 1. The maximum absolute atomic E-state index is 13.5. The maximum atomic E-state index is 13.5. The van der Waals surface area contributed by atoms with Crippen molar-refractivity contribution in [3.63, 3.8) is 0 Å². The SMILES string of the molecule is Cc1cc(Cn2c(=O)n(Cc3nnc(C)s3)c(=O)c3cc(S(=O)(=O)NC4(C)CC4)ccc32)n(C)n1. The summed E-state index contributed by atoms with van der Waals surface area (Å²) in [6, 6.07) is 6.16. The molecule has 13 heteroatoms. The minimum absolute atomic E-state index is 0.0184. The Morgan fingerprint density at radius 2 is 1.83 bits per heavy atom. The van der Waals surface area contributed by atoms with Crippen LogP contribution in [0.2, 0.25) is 0 Å². The van der Waals surface area contributed by atoms with E-state index >= 15 is 0 Å². The third-order valence-electron chi connectivity index (χ3n) is 6.17. The van der Waals surface area contributed by atoms with Crippen molar-refractivity contribution >= 4 is 32.3 Å². The summed E-state index contributed by atoms with van der Waals surface area (Å²) in [7, 11) is -2.06. The van der Waals surface area contributed by atoms with E-state index in [1.807, 2.05) is 19.9 Å². The van der Waals surface area contributed by atoms with Crippen molar-refractivity contribution in [3.8, 4) is 0 Å². The molecule has 1 N–H and O–H groups in total. The molecule has 0 bridgehead atoms. The molecular weight excluding hydrogens is 490 g/mol. The van der Waals surface area contributed by atoms with E-state index in [1.54, 1.807) is 18.7 Å². The number of nitrogens with zero attached hydrogens (tertiary/aromatic N) is 6. The lowest BCUT2D eigenvalue weighted by Gasteiger charge is -2.16. The molecule has 1 saturated carbocycles. The first-order chi connectivity index (χ1) is 16.5. The summed E-state index contributed by atoms with van der Waals surface area (Å²) < 4.78 is 32.9. The molecule has 0 saturated heterocycles. The van der Waals surface area contributed by atoms with E-state index in [0.717, 1.165) is 28.8 Å². The molecular formula is C22H25N7O4S2. The van der Waals surface area contributed by atoms with Gasteiger partial charge in [-0.2, -0.15) is 5.10 Å². The molecule has 5 rings (SSSR count). The number of benzene rings is 1. The van der Waals surface area contributed by atoms with Crippen LogP contribution in [0.25, 0.3) is 10.9 Å². The predicted molar refractivity (Wildman–Crippen MR) is 131 cm³/mol. The number of sulfonamides is 1. The van der Waals surface area contributed by atoms with Crippen LogP contribution in [-0.4, -0.2) is 43.1 Å². The highest BCUT2D eigenvalue weighted by Gasteiger charge is 2.41. The molecule has 0 spiro atoms. The highest BCUT2D eigenvalue weighted by atomic mass is 32.2. The number of rotatable bonds is 7. The van der Waals surface area contributed by atoms with Gasteiger partial charge in [-0.1, -0.05) is 11.3 Å². The lowest BCUT2D eigenvalue weighted by molar-refractivity contribution is 0.558. The highest BCUT2D eigenvalue weighted by molar-refractivity contribution is 7.89. The largest absolute Gasteiger partial charge is 0.332 e. The molecule has 0 aliphatic heterocycles. The Morgan fingerprint density at radius 1 is 1.09 bits per heavy atom. The fraction of sp³-hybridized carbons (Fsp3) is 0.409. The molecule has 0 unspecified atom stereocenters. The summed E-state index contributed by atoms with van der Waals surface area (Å²) in [6.45, 7) is 5.59. The minimum Gasteiger partial charge on any atom is -0.287 e. The van der Waals surface area contributed by atoms with E-state index in [1.165, 1.54) is 34.1 Å². The second kappa shape index (κ2) is 8.21.